The first-order chi connectivity index (χ1) is 8.81. The fourth-order valence-electron chi connectivity index (χ4n) is 2.98. The van der Waals surface area contributed by atoms with Gasteiger partial charge in [0.05, 0.1) is 0 Å². The molecule has 2 N–H and O–H groups in total. The number of amides is 1. The summed E-state index contributed by atoms with van der Waals surface area (Å²) >= 11 is 0. The highest BCUT2D eigenvalue weighted by Crippen LogP contribution is 2.25. The highest BCUT2D eigenvalue weighted by Gasteiger charge is 2.17. The molecule has 2 heterocycles. The predicted octanol–water partition coefficient (Wildman–Crippen LogP) is 2.11. The lowest BCUT2D eigenvalue weighted by Crippen LogP contribution is -2.30. The van der Waals surface area contributed by atoms with Crippen LogP contribution in [0.25, 0.3) is 0 Å². The smallest absolute Gasteiger partial charge is 0.224 e. The maximum atomic E-state index is 11.4. The van der Waals surface area contributed by atoms with Crippen LogP contribution in [-0.2, 0) is 17.6 Å². The van der Waals surface area contributed by atoms with Gasteiger partial charge in [-0.15, -0.1) is 0 Å². The quantitative estimate of drug-likeness (QED) is 0.836. The second-order valence-corrected chi connectivity index (χ2v) is 5.46. The SMILES string of the molecule is O=C1CCc2ccc(CC3CCCNC3)cc2N1. The first kappa shape index (κ1) is 11.7. The summed E-state index contributed by atoms with van der Waals surface area (Å²) < 4.78 is 0. The van der Waals surface area contributed by atoms with Crippen molar-refractivity contribution in [1.29, 1.82) is 0 Å². The minimum Gasteiger partial charge on any atom is -0.326 e. The van der Waals surface area contributed by atoms with Crippen LogP contribution >= 0.6 is 0 Å². The molecule has 0 spiro atoms. The summed E-state index contributed by atoms with van der Waals surface area (Å²) in [5.41, 5.74) is 3.66. The van der Waals surface area contributed by atoms with Crippen LogP contribution in [0, 0.1) is 5.92 Å². The molecule has 1 fully saturated rings. The zero-order chi connectivity index (χ0) is 12.4. The Morgan fingerprint density at radius 3 is 3.06 bits per heavy atom. The van der Waals surface area contributed by atoms with E-state index in [1.807, 2.05) is 0 Å². The molecule has 3 rings (SSSR count). The lowest BCUT2D eigenvalue weighted by Gasteiger charge is -2.24. The summed E-state index contributed by atoms with van der Waals surface area (Å²) in [4.78, 5) is 11.4. The Morgan fingerprint density at radius 1 is 1.28 bits per heavy atom. The third-order valence-corrected chi connectivity index (χ3v) is 3.99. The zero-order valence-electron chi connectivity index (χ0n) is 10.7. The zero-order valence-corrected chi connectivity index (χ0v) is 10.7. The van der Waals surface area contributed by atoms with E-state index in [-0.39, 0.29) is 5.91 Å². The minimum absolute atomic E-state index is 0.152. The second-order valence-electron chi connectivity index (χ2n) is 5.46. The van der Waals surface area contributed by atoms with Crippen LogP contribution in [-0.4, -0.2) is 19.0 Å². The van der Waals surface area contributed by atoms with Crippen LogP contribution in [0.5, 0.6) is 0 Å². The molecule has 96 valence electrons. The number of piperidine rings is 1. The molecule has 1 amide bonds. The molecule has 18 heavy (non-hydrogen) atoms. The maximum absolute atomic E-state index is 11.4. The fourth-order valence-corrected chi connectivity index (χ4v) is 2.98. The number of aryl methyl sites for hydroxylation is 1. The Balaban J connectivity index is 1.73. The minimum atomic E-state index is 0.152. The van der Waals surface area contributed by atoms with Crippen molar-refractivity contribution in [3.05, 3.63) is 29.3 Å². The molecule has 1 atom stereocenters. The van der Waals surface area contributed by atoms with E-state index >= 15 is 0 Å². The Morgan fingerprint density at radius 2 is 2.22 bits per heavy atom. The van der Waals surface area contributed by atoms with Crippen molar-refractivity contribution < 1.29 is 4.79 Å². The third kappa shape index (κ3) is 2.56. The van der Waals surface area contributed by atoms with E-state index in [4.69, 9.17) is 0 Å². The Labute approximate surface area is 108 Å². The van der Waals surface area contributed by atoms with Crippen LogP contribution in [0.4, 0.5) is 5.69 Å². The third-order valence-electron chi connectivity index (χ3n) is 3.99. The Kier molecular flexibility index (Phi) is 3.33. The van der Waals surface area contributed by atoms with Crippen molar-refractivity contribution in [2.24, 2.45) is 5.92 Å². The average Bonchev–Trinajstić information content (AvgIpc) is 2.39. The largest absolute Gasteiger partial charge is 0.326 e. The molecule has 3 heteroatoms. The lowest BCUT2D eigenvalue weighted by atomic mass is 9.91. The van der Waals surface area contributed by atoms with Gasteiger partial charge in [0.25, 0.3) is 0 Å². The topological polar surface area (TPSA) is 41.1 Å². The van der Waals surface area contributed by atoms with Gasteiger partial charge in [0.2, 0.25) is 5.91 Å². The molecule has 0 radical (unpaired) electrons. The first-order valence-electron chi connectivity index (χ1n) is 6.93. The van der Waals surface area contributed by atoms with Gasteiger partial charge < -0.3 is 10.6 Å². The summed E-state index contributed by atoms with van der Waals surface area (Å²) in [5, 5.41) is 6.44. The Bertz CT molecular complexity index is 450. The monoisotopic (exact) mass is 244 g/mol. The van der Waals surface area contributed by atoms with E-state index in [0.717, 1.165) is 37.5 Å². The molecule has 2 aliphatic heterocycles. The van der Waals surface area contributed by atoms with Gasteiger partial charge in [-0.25, -0.2) is 0 Å². The molecule has 3 nitrogen and oxygen atoms in total. The van der Waals surface area contributed by atoms with E-state index in [1.165, 1.54) is 24.0 Å². The van der Waals surface area contributed by atoms with Crippen LogP contribution < -0.4 is 10.6 Å². The number of hydrogen-bond donors (Lipinski definition) is 2. The highest BCUT2D eigenvalue weighted by atomic mass is 16.1. The van der Waals surface area contributed by atoms with Gasteiger partial charge in [-0.3, -0.25) is 4.79 Å². The number of hydrogen-bond acceptors (Lipinski definition) is 2. The van der Waals surface area contributed by atoms with Gasteiger partial charge in [-0.05, 0) is 61.9 Å². The van der Waals surface area contributed by atoms with Crippen molar-refractivity contribution in [2.75, 3.05) is 18.4 Å². The number of benzene rings is 1. The fraction of sp³-hybridized carbons (Fsp3) is 0.533. The summed E-state index contributed by atoms with van der Waals surface area (Å²) in [6.45, 7) is 2.29. The van der Waals surface area contributed by atoms with Gasteiger partial charge in [0.1, 0.15) is 0 Å². The molecular weight excluding hydrogens is 224 g/mol. The number of fused-ring (bicyclic) bond motifs is 1. The predicted molar refractivity (Wildman–Crippen MR) is 72.7 cm³/mol. The molecule has 0 bridgehead atoms. The van der Waals surface area contributed by atoms with Gasteiger partial charge in [0, 0.05) is 12.1 Å². The van der Waals surface area contributed by atoms with Gasteiger partial charge in [-0.2, -0.15) is 0 Å². The van der Waals surface area contributed by atoms with Crippen molar-refractivity contribution >= 4 is 11.6 Å². The number of nitrogens with one attached hydrogen (secondary N) is 2. The summed E-state index contributed by atoms with van der Waals surface area (Å²) in [5.74, 6) is 0.898. The molecular formula is C15H20N2O. The average molecular weight is 244 g/mol. The van der Waals surface area contributed by atoms with Crippen LogP contribution in [0.1, 0.15) is 30.4 Å². The van der Waals surface area contributed by atoms with Crippen LogP contribution in [0.2, 0.25) is 0 Å². The van der Waals surface area contributed by atoms with Crippen molar-refractivity contribution in [1.82, 2.24) is 5.32 Å². The molecule has 0 aliphatic carbocycles. The molecule has 1 unspecified atom stereocenters. The van der Waals surface area contributed by atoms with Crippen molar-refractivity contribution in [3.63, 3.8) is 0 Å². The molecule has 0 aromatic heterocycles. The normalized spacial score (nSPS) is 23.3. The number of anilines is 1. The number of rotatable bonds is 2. The maximum Gasteiger partial charge on any atom is 0.224 e. The van der Waals surface area contributed by atoms with Crippen molar-refractivity contribution in [3.8, 4) is 0 Å². The molecule has 0 saturated carbocycles. The number of carbonyl (C=O) groups is 1. The molecule has 1 aromatic rings. The summed E-state index contributed by atoms with van der Waals surface area (Å²) in [6.07, 6.45) is 5.23. The summed E-state index contributed by atoms with van der Waals surface area (Å²) in [6, 6.07) is 6.58. The van der Waals surface area contributed by atoms with E-state index in [0.29, 0.717) is 6.42 Å². The van der Waals surface area contributed by atoms with E-state index in [9.17, 15) is 4.79 Å². The molecule has 1 aromatic carbocycles. The molecule has 2 aliphatic rings. The van der Waals surface area contributed by atoms with E-state index in [1.54, 1.807) is 0 Å². The van der Waals surface area contributed by atoms with E-state index in [2.05, 4.69) is 28.8 Å². The van der Waals surface area contributed by atoms with E-state index < -0.39 is 0 Å². The van der Waals surface area contributed by atoms with Crippen LogP contribution in [0.3, 0.4) is 0 Å². The standard InChI is InChI=1S/C15H20N2O/c18-15-6-5-13-4-3-11(9-14(13)17-15)8-12-2-1-7-16-10-12/h3-4,9,12,16H,1-2,5-8,10H2,(H,17,18). The van der Waals surface area contributed by atoms with Crippen LogP contribution in [0.15, 0.2) is 18.2 Å². The van der Waals surface area contributed by atoms with Gasteiger partial charge >= 0.3 is 0 Å². The lowest BCUT2D eigenvalue weighted by molar-refractivity contribution is -0.116. The van der Waals surface area contributed by atoms with Crippen molar-refractivity contribution in [2.45, 2.75) is 32.1 Å². The molecule has 1 saturated heterocycles. The second kappa shape index (κ2) is 5.11. The highest BCUT2D eigenvalue weighted by molar-refractivity contribution is 5.93. The van der Waals surface area contributed by atoms with Gasteiger partial charge in [0.15, 0.2) is 0 Å². The summed E-state index contributed by atoms with van der Waals surface area (Å²) in [7, 11) is 0. The first-order valence-corrected chi connectivity index (χ1v) is 6.93. The Hall–Kier alpha value is -1.35. The number of carbonyl (C=O) groups excluding carboxylic acids is 1. The van der Waals surface area contributed by atoms with Gasteiger partial charge in [-0.1, -0.05) is 12.1 Å².